The lowest BCUT2D eigenvalue weighted by atomic mass is 9.89. The summed E-state index contributed by atoms with van der Waals surface area (Å²) in [5.74, 6) is -0.136. The van der Waals surface area contributed by atoms with Crippen molar-refractivity contribution in [3.8, 4) is 5.88 Å². The van der Waals surface area contributed by atoms with Gasteiger partial charge in [-0.15, -0.1) is 4.37 Å². The largest absolute Gasteiger partial charge is 0.472 e. The third kappa shape index (κ3) is 2.84. The molecule has 0 unspecified atom stereocenters. The molecule has 2 aliphatic rings. The smallest absolute Gasteiger partial charge is 0.346 e. The number of ether oxygens (including phenoxy) is 1. The molecule has 140 valence electrons. The molecule has 1 saturated carbocycles. The fourth-order valence-electron chi connectivity index (χ4n) is 3.85. The Hall–Kier alpha value is -2.62. The average molecular weight is 391 g/mol. The highest BCUT2D eigenvalue weighted by Gasteiger charge is 2.38. The molecule has 0 spiro atoms. The Kier molecular flexibility index (Phi) is 3.81. The molecular formula is C17H15F2N5O2S. The van der Waals surface area contributed by atoms with Crippen LogP contribution in [0.2, 0.25) is 0 Å². The highest BCUT2D eigenvalue weighted by atomic mass is 32.1. The molecule has 0 radical (unpaired) electrons. The molecule has 0 bridgehead atoms. The third-order valence-electron chi connectivity index (χ3n) is 5.17. The van der Waals surface area contributed by atoms with E-state index in [1.54, 1.807) is 10.8 Å². The second kappa shape index (κ2) is 6.22. The molecule has 1 aromatic carbocycles. The summed E-state index contributed by atoms with van der Waals surface area (Å²) in [7, 11) is 0. The average Bonchev–Trinajstić information content (AvgIpc) is 3.29. The van der Waals surface area contributed by atoms with Crippen LogP contribution < -0.4 is 10.4 Å². The molecule has 10 heteroatoms. The summed E-state index contributed by atoms with van der Waals surface area (Å²) < 4.78 is 43.8. The van der Waals surface area contributed by atoms with E-state index < -0.39 is 11.6 Å². The van der Waals surface area contributed by atoms with Gasteiger partial charge in [0.1, 0.15) is 29.8 Å². The Labute approximate surface area is 156 Å². The van der Waals surface area contributed by atoms with Crippen LogP contribution in [0.4, 0.5) is 8.78 Å². The van der Waals surface area contributed by atoms with Crippen molar-refractivity contribution in [2.45, 2.75) is 43.9 Å². The van der Waals surface area contributed by atoms with Gasteiger partial charge in [0.05, 0.1) is 23.8 Å². The van der Waals surface area contributed by atoms with E-state index in [4.69, 9.17) is 4.74 Å². The van der Waals surface area contributed by atoms with Crippen molar-refractivity contribution >= 4 is 11.7 Å². The number of aryl methyl sites for hydroxylation is 1. The maximum Gasteiger partial charge on any atom is 0.346 e. The molecule has 27 heavy (non-hydrogen) atoms. The lowest BCUT2D eigenvalue weighted by molar-refractivity contribution is 0.0592. The number of benzene rings is 1. The van der Waals surface area contributed by atoms with Crippen LogP contribution in [0.25, 0.3) is 0 Å². The van der Waals surface area contributed by atoms with E-state index >= 15 is 0 Å². The van der Waals surface area contributed by atoms with Crippen LogP contribution in [0.1, 0.15) is 42.7 Å². The zero-order chi connectivity index (χ0) is 18.5. The van der Waals surface area contributed by atoms with Crippen molar-refractivity contribution in [3.05, 3.63) is 57.9 Å². The molecule has 0 N–H and O–H groups in total. The molecule has 0 saturated heterocycles. The first-order valence-corrected chi connectivity index (χ1v) is 9.41. The van der Waals surface area contributed by atoms with Gasteiger partial charge in [-0.3, -0.25) is 4.57 Å². The molecular weight excluding hydrogens is 376 g/mol. The summed E-state index contributed by atoms with van der Waals surface area (Å²) in [6, 6.07) is 2.96. The Morgan fingerprint density at radius 3 is 2.67 bits per heavy atom. The van der Waals surface area contributed by atoms with Gasteiger partial charge in [-0.1, -0.05) is 0 Å². The van der Waals surface area contributed by atoms with Crippen molar-refractivity contribution in [1.29, 1.82) is 0 Å². The van der Waals surface area contributed by atoms with Gasteiger partial charge >= 0.3 is 5.69 Å². The van der Waals surface area contributed by atoms with Gasteiger partial charge < -0.3 is 4.74 Å². The van der Waals surface area contributed by atoms with E-state index in [0.29, 0.717) is 43.0 Å². The van der Waals surface area contributed by atoms with E-state index in [0.717, 1.165) is 17.8 Å². The first kappa shape index (κ1) is 16.5. The molecule has 7 nitrogen and oxygen atoms in total. The molecule has 5 rings (SSSR count). The van der Waals surface area contributed by atoms with Crippen LogP contribution in [0.3, 0.4) is 0 Å². The first-order valence-electron chi connectivity index (χ1n) is 8.68. The summed E-state index contributed by atoms with van der Waals surface area (Å²) in [5.41, 5.74) is 0.217. The van der Waals surface area contributed by atoms with Crippen LogP contribution in [-0.2, 0) is 6.42 Å². The van der Waals surface area contributed by atoms with Crippen LogP contribution in [-0.4, -0.2) is 29.2 Å². The lowest BCUT2D eigenvalue weighted by Crippen LogP contribution is -2.41. The van der Waals surface area contributed by atoms with Gasteiger partial charge in [0.15, 0.2) is 0 Å². The first-order chi connectivity index (χ1) is 13.1. The summed E-state index contributed by atoms with van der Waals surface area (Å²) >= 11 is 1.08. The van der Waals surface area contributed by atoms with Crippen molar-refractivity contribution in [2.75, 3.05) is 0 Å². The predicted octanol–water partition coefficient (Wildman–Crippen LogP) is 2.49. The SMILES string of the molecule is O=c1n(C2CC(Oc3cnsn3)C2)nc2n1[C@H](c1cc(F)cc(F)c1)CC2. The maximum atomic E-state index is 13.6. The second-order valence-electron chi connectivity index (χ2n) is 6.88. The van der Waals surface area contributed by atoms with Gasteiger partial charge in [-0.2, -0.15) is 9.47 Å². The van der Waals surface area contributed by atoms with Gasteiger partial charge in [0, 0.05) is 25.3 Å². The molecule has 1 atom stereocenters. The van der Waals surface area contributed by atoms with Crippen LogP contribution >= 0.6 is 11.7 Å². The van der Waals surface area contributed by atoms with Gasteiger partial charge in [0.25, 0.3) is 0 Å². The normalized spacial score (nSPS) is 23.9. The zero-order valence-corrected chi connectivity index (χ0v) is 14.9. The minimum atomic E-state index is -0.644. The number of fused-ring (bicyclic) bond motifs is 1. The van der Waals surface area contributed by atoms with Gasteiger partial charge in [-0.05, 0) is 24.1 Å². The van der Waals surface area contributed by atoms with E-state index in [1.807, 2.05) is 0 Å². The topological polar surface area (TPSA) is 74.8 Å². The van der Waals surface area contributed by atoms with E-state index in [1.165, 1.54) is 16.8 Å². The van der Waals surface area contributed by atoms with Gasteiger partial charge in [-0.25, -0.2) is 18.3 Å². The van der Waals surface area contributed by atoms with E-state index in [9.17, 15) is 13.6 Å². The number of halogens is 2. The van der Waals surface area contributed by atoms with Crippen molar-refractivity contribution in [3.63, 3.8) is 0 Å². The van der Waals surface area contributed by atoms with Crippen molar-refractivity contribution < 1.29 is 13.5 Å². The number of hydrogen-bond donors (Lipinski definition) is 0. The van der Waals surface area contributed by atoms with Crippen LogP contribution in [0.5, 0.6) is 5.88 Å². The molecule has 2 aromatic heterocycles. The number of aromatic nitrogens is 5. The minimum absolute atomic E-state index is 0.0181. The molecule has 3 aromatic rings. The third-order valence-corrected chi connectivity index (χ3v) is 5.63. The molecule has 1 fully saturated rings. The maximum absolute atomic E-state index is 13.6. The number of nitrogens with zero attached hydrogens (tertiary/aromatic N) is 5. The summed E-state index contributed by atoms with van der Waals surface area (Å²) in [4.78, 5) is 12.9. The minimum Gasteiger partial charge on any atom is -0.472 e. The summed E-state index contributed by atoms with van der Waals surface area (Å²) in [5, 5.41) is 4.46. The molecule has 1 aliphatic heterocycles. The predicted molar refractivity (Wildman–Crippen MR) is 91.9 cm³/mol. The molecule has 3 heterocycles. The fourth-order valence-corrected chi connectivity index (χ4v) is 4.20. The molecule has 0 amide bonds. The van der Waals surface area contributed by atoms with E-state index in [2.05, 4.69) is 13.8 Å². The summed E-state index contributed by atoms with van der Waals surface area (Å²) in [6.07, 6.45) is 4.07. The fraction of sp³-hybridized carbons (Fsp3) is 0.412. The Bertz CT molecular complexity index is 1020. The standard InChI is InChI=1S/C17H15F2N5O2S/c18-10-3-9(4-11(19)5-10)14-1-2-15-21-24(17(25)23(14)15)12-6-13(7-12)26-16-8-20-27-22-16/h3-5,8,12-14H,1-2,6-7H2/t12?,13?,14-/m0/s1. The monoisotopic (exact) mass is 391 g/mol. The Morgan fingerprint density at radius 1 is 1.19 bits per heavy atom. The highest BCUT2D eigenvalue weighted by Crippen LogP contribution is 2.36. The second-order valence-corrected chi connectivity index (χ2v) is 7.44. The quantitative estimate of drug-likeness (QED) is 0.683. The van der Waals surface area contributed by atoms with Crippen molar-refractivity contribution in [2.24, 2.45) is 0 Å². The number of rotatable bonds is 4. The van der Waals surface area contributed by atoms with Crippen molar-refractivity contribution in [1.82, 2.24) is 23.1 Å². The summed E-state index contributed by atoms with van der Waals surface area (Å²) in [6.45, 7) is 0. The van der Waals surface area contributed by atoms with Crippen LogP contribution in [0.15, 0.2) is 29.2 Å². The lowest BCUT2D eigenvalue weighted by Gasteiger charge is -2.33. The van der Waals surface area contributed by atoms with Crippen LogP contribution in [0, 0.1) is 11.6 Å². The molecule has 1 aliphatic carbocycles. The Morgan fingerprint density at radius 2 is 1.96 bits per heavy atom. The Balaban J connectivity index is 1.37. The zero-order valence-electron chi connectivity index (χ0n) is 14.1. The highest BCUT2D eigenvalue weighted by molar-refractivity contribution is 6.99. The number of hydrogen-bond acceptors (Lipinski definition) is 6. The van der Waals surface area contributed by atoms with E-state index in [-0.39, 0.29) is 23.9 Å². The van der Waals surface area contributed by atoms with Gasteiger partial charge in [0.2, 0.25) is 5.88 Å².